The maximum Gasteiger partial charge on any atom is 0.420 e. The molecule has 0 aliphatic heterocycles. The van der Waals surface area contributed by atoms with Gasteiger partial charge in [-0.3, -0.25) is 4.79 Å². The van der Waals surface area contributed by atoms with Gasteiger partial charge in [-0.25, -0.2) is 0 Å². The van der Waals surface area contributed by atoms with E-state index in [0.717, 1.165) is 6.07 Å². The average Bonchev–Trinajstić information content (AvgIpc) is 2.36. The van der Waals surface area contributed by atoms with Crippen molar-refractivity contribution in [3.63, 3.8) is 0 Å². The van der Waals surface area contributed by atoms with E-state index in [2.05, 4.69) is 0 Å². The van der Waals surface area contributed by atoms with Gasteiger partial charge in [0.15, 0.2) is 0 Å². The molecular formula is C14H7Cl2F3O2. The summed E-state index contributed by atoms with van der Waals surface area (Å²) in [6.07, 6.45) is -4.33. The van der Waals surface area contributed by atoms with E-state index in [-0.39, 0.29) is 21.4 Å². The molecule has 0 radical (unpaired) electrons. The summed E-state index contributed by atoms with van der Waals surface area (Å²) in [7, 11) is 0. The third-order valence-electron chi connectivity index (χ3n) is 2.51. The first-order chi connectivity index (χ1) is 9.79. The molecule has 0 fully saturated rings. The van der Waals surface area contributed by atoms with E-state index in [1.807, 2.05) is 0 Å². The Morgan fingerprint density at radius 1 is 1.00 bits per heavy atom. The lowest BCUT2D eigenvalue weighted by Gasteiger charge is -2.14. The first kappa shape index (κ1) is 15.7. The van der Waals surface area contributed by atoms with Gasteiger partial charge in [0.1, 0.15) is 17.8 Å². The molecule has 0 unspecified atom stereocenters. The second-order valence-corrected chi connectivity index (χ2v) is 4.95. The van der Waals surface area contributed by atoms with Crippen molar-refractivity contribution in [1.82, 2.24) is 0 Å². The zero-order valence-corrected chi connectivity index (χ0v) is 11.8. The Bertz CT molecular complexity index is 664. The molecule has 0 spiro atoms. The van der Waals surface area contributed by atoms with Crippen LogP contribution < -0.4 is 4.74 Å². The van der Waals surface area contributed by atoms with Crippen LogP contribution in [0.2, 0.25) is 10.0 Å². The van der Waals surface area contributed by atoms with Crippen molar-refractivity contribution in [3.8, 4) is 11.5 Å². The molecular weight excluding hydrogens is 328 g/mol. The number of hydrogen-bond donors (Lipinski definition) is 0. The molecule has 2 aromatic carbocycles. The van der Waals surface area contributed by atoms with Gasteiger partial charge in [0.2, 0.25) is 0 Å². The largest absolute Gasteiger partial charge is 0.457 e. The number of aldehydes is 1. The van der Waals surface area contributed by atoms with Crippen LogP contribution in [0.1, 0.15) is 15.9 Å². The standard InChI is InChI=1S/C14H7Cl2F3O2/c15-9-4-10(16)6-11(5-9)21-13-2-1-8(7-20)3-12(13)14(17,18)19/h1-7H. The molecule has 0 heterocycles. The van der Waals surface area contributed by atoms with Crippen molar-refractivity contribution in [2.24, 2.45) is 0 Å². The number of carbonyl (C=O) groups is 1. The Kier molecular flexibility index (Phi) is 4.44. The average molecular weight is 335 g/mol. The zero-order valence-electron chi connectivity index (χ0n) is 10.2. The van der Waals surface area contributed by atoms with Crippen LogP contribution in [-0.2, 0) is 6.18 Å². The molecule has 2 aromatic rings. The Morgan fingerprint density at radius 2 is 1.62 bits per heavy atom. The lowest BCUT2D eigenvalue weighted by molar-refractivity contribution is -0.138. The van der Waals surface area contributed by atoms with Gasteiger partial charge in [-0.05, 0) is 36.4 Å². The van der Waals surface area contributed by atoms with Crippen LogP contribution in [0.5, 0.6) is 11.5 Å². The molecule has 0 aliphatic carbocycles. The van der Waals surface area contributed by atoms with E-state index >= 15 is 0 Å². The fourth-order valence-corrected chi connectivity index (χ4v) is 2.15. The Hall–Kier alpha value is -1.72. The van der Waals surface area contributed by atoms with Crippen molar-refractivity contribution < 1.29 is 22.7 Å². The predicted octanol–water partition coefficient (Wildman–Crippen LogP) is 5.62. The molecule has 0 aliphatic rings. The molecule has 110 valence electrons. The first-order valence-electron chi connectivity index (χ1n) is 5.60. The molecule has 0 amide bonds. The van der Waals surface area contributed by atoms with Crippen LogP contribution in [-0.4, -0.2) is 6.29 Å². The second-order valence-electron chi connectivity index (χ2n) is 4.08. The summed E-state index contributed by atoms with van der Waals surface area (Å²) in [6, 6.07) is 7.11. The molecule has 7 heteroatoms. The monoisotopic (exact) mass is 334 g/mol. The minimum atomic E-state index is -4.66. The van der Waals surface area contributed by atoms with E-state index < -0.39 is 17.5 Å². The summed E-state index contributed by atoms with van der Waals surface area (Å²) in [5, 5.41) is 0.464. The summed E-state index contributed by atoms with van der Waals surface area (Å²) in [5.74, 6) is -0.372. The van der Waals surface area contributed by atoms with E-state index in [0.29, 0.717) is 12.4 Å². The van der Waals surface area contributed by atoms with E-state index in [1.165, 1.54) is 24.3 Å². The molecule has 0 atom stereocenters. The summed E-state index contributed by atoms with van der Waals surface area (Å²) in [6.45, 7) is 0. The van der Waals surface area contributed by atoms with Gasteiger partial charge in [0.05, 0.1) is 5.56 Å². The highest BCUT2D eigenvalue weighted by atomic mass is 35.5. The molecule has 2 nitrogen and oxygen atoms in total. The minimum Gasteiger partial charge on any atom is -0.457 e. The van der Waals surface area contributed by atoms with Crippen molar-refractivity contribution in [2.45, 2.75) is 6.18 Å². The maximum absolute atomic E-state index is 13.0. The topological polar surface area (TPSA) is 26.3 Å². The smallest absolute Gasteiger partial charge is 0.420 e. The van der Waals surface area contributed by atoms with Crippen LogP contribution in [0.25, 0.3) is 0 Å². The predicted molar refractivity (Wildman–Crippen MR) is 73.4 cm³/mol. The highest BCUT2D eigenvalue weighted by Crippen LogP contribution is 2.39. The molecule has 2 rings (SSSR count). The van der Waals surface area contributed by atoms with Gasteiger partial charge in [-0.15, -0.1) is 0 Å². The Balaban J connectivity index is 2.46. The fourth-order valence-electron chi connectivity index (χ4n) is 1.65. The quantitative estimate of drug-likeness (QED) is 0.681. The normalized spacial score (nSPS) is 11.3. The van der Waals surface area contributed by atoms with Crippen LogP contribution >= 0.6 is 23.2 Å². The highest BCUT2D eigenvalue weighted by Gasteiger charge is 2.35. The van der Waals surface area contributed by atoms with Crippen LogP contribution in [0.3, 0.4) is 0 Å². The van der Waals surface area contributed by atoms with Crippen molar-refractivity contribution >= 4 is 29.5 Å². The second kappa shape index (κ2) is 5.95. The van der Waals surface area contributed by atoms with Gasteiger partial charge in [0, 0.05) is 15.6 Å². The maximum atomic E-state index is 13.0. The van der Waals surface area contributed by atoms with Gasteiger partial charge >= 0.3 is 6.18 Å². The van der Waals surface area contributed by atoms with Crippen LogP contribution in [0, 0.1) is 0 Å². The number of hydrogen-bond acceptors (Lipinski definition) is 2. The van der Waals surface area contributed by atoms with E-state index in [1.54, 1.807) is 0 Å². The molecule has 0 aromatic heterocycles. The van der Waals surface area contributed by atoms with E-state index in [4.69, 9.17) is 27.9 Å². The summed E-state index contributed by atoms with van der Waals surface area (Å²) >= 11 is 11.5. The number of rotatable bonds is 3. The summed E-state index contributed by atoms with van der Waals surface area (Å²) in [4.78, 5) is 10.6. The van der Waals surface area contributed by atoms with Gasteiger partial charge < -0.3 is 4.74 Å². The zero-order chi connectivity index (χ0) is 15.6. The number of halogens is 5. The highest BCUT2D eigenvalue weighted by molar-refractivity contribution is 6.34. The lowest BCUT2D eigenvalue weighted by Crippen LogP contribution is -2.08. The number of alkyl halides is 3. The molecule has 0 N–H and O–H groups in total. The van der Waals surface area contributed by atoms with Crippen LogP contribution in [0.15, 0.2) is 36.4 Å². The molecule has 0 saturated heterocycles. The van der Waals surface area contributed by atoms with Gasteiger partial charge in [-0.2, -0.15) is 13.2 Å². The van der Waals surface area contributed by atoms with Gasteiger partial charge in [0.25, 0.3) is 0 Å². The van der Waals surface area contributed by atoms with Crippen LogP contribution in [0.4, 0.5) is 13.2 Å². The Morgan fingerprint density at radius 3 is 2.14 bits per heavy atom. The number of ether oxygens (including phenoxy) is 1. The fraction of sp³-hybridized carbons (Fsp3) is 0.0714. The number of carbonyl (C=O) groups excluding carboxylic acids is 1. The first-order valence-corrected chi connectivity index (χ1v) is 6.35. The molecule has 0 saturated carbocycles. The summed E-state index contributed by atoms with van der Waals surface area (Å²) < 4.78 is 44.1. The van der Waals surface area contributed by atoms with Crippen molar-refractivity contribution in [1.29, 1.82) is 0 Å². The summed E-state index contributed by atoms with van der Waals surface area (Å²) in [5.41, 5.74) is -1.15. The third kappa shape index (κ3) is 3.89. The van der Waals surface area contributed by atoms with Gasteiger partial charge in [-0.1, -0.05) is 23.2 Å². The lowest BCUT2D eigenvalue weighted by atomic mass is 10.1. The van der Waals surface area contributed by atoms with Crippen molar-refractivity contribution in [3.05, 3.63) is 57.6 Å². The molecule has 0 bridgehead atoms. The SMILES string of the molecule is O=Cc1ccc(Oc2cc(Cl)cc(Cl)c2)c(C(F)(F)F)c1. The number of benzene rings is 2. The van der Waals surface area contributed by atoms with E-state index in [9.17, 15) is 18.0 Å². The Labute approximate surface area is 128 Å². The minimum absolute atomic E-state index is 0.0665. The third-order valence-corrected chi connectivity index (χ3v) is 2.95. The molecule has 21 heavy (non-hydrogen) atoms. The van der Waals surface area contributed by atoms with Crippen molar-refractivity contribution in [2.75, 3.05) is 0 Å².